The largest absolute Gasteiger partial charge is 0.255 e. The highest BCUT2D eigenvalue weighted by atomic mass is 15.4. The van der Waals surface area contributed by atoms with Crippen LogP contribution in [-0.2, 0) is 20.5 Å². The van der Waals surface area contributed by atoms with E-state index in [1.54, 1.807) is 9.36 Å². The quantitative estimate of drug-likeness (QED) is 0.624. The Morgan fingerprint density at radius 1 is 1.00 bits per heavy atom. The fourth-order valence-electron chi connectivity index (χ4n) is 1.14. The van der Waals surface area contributed by atoms with Crippen LogP contribution in [0.3, 0.4) is 0 Å². The van der Waals surface area contributed by atoms with Crippen LogP contribution in [0.5, 0.6) is 0 Å². The number of rotatable bonds is 2. The van der Waals surface area contributed by atoms with E-state index in [-0.39, 0.29) is 0 Å². The Labute approximate surface area is 75.2 Å². The molecular weight excluding hydrogens is 168 g/mol. The number of aryl methyl sites for hydroxylation is 2. The van der Waals surface area contributed by atoms with Crippen molar-refractivity contribution in [3.8, 4) is 0 Å². The summed E-state index contributed by atoms with van der Waals surface area (Å²) in [4.78, 5) is 0. The molecule has 0 saturated carbocycles. The van der Waals surface area contributed by atoms with E-state index in [0.717, 1.165) is 11.4 Å². The van der Waals surface area contributed by atoms with Crippen LogP contribution >= 0.6 is 0 Å². The Balaban J connectivity index is 2.14. The average molecular weight is 178 g/mol. The number of aromatic nitrogens is 6. The van der Waals surface area contributed by atoms with E-state index in [2.05, 4.69) is 20.6 Å². The minimum Gasteiger partial charge on any atom is -0.255 e. The van der Waals surface area contributed by atoms with Crippen molar-refractivity contribution in [3.63, 3.8) is 0 Å². The SMILES string of the molecule is Cn1cc(Cc2cn(C)nn2)nn1. The molecule has 0 N–H and O–H groups in total. The van der Waals surface area contributed by atoms with Crippen molar-refractivity contribution in [2.45, 2.75) is 6.42 Å². The molecule has 2 aromatic rings. The van der Waals surface area contributed by atoms with Crippen molar-refractivity contribution in [1.82, 2.24) is 30.0 Å². The number of hydrogen-bond donors (Lipinski definition) is 0. The first kappa shape index (κ1) is 7.90. The first-order valence-corrected chi connectivity index (χ1v) is 3.94. The summed E-state index contributed by atoms with van der Waals surface area (Å²) in [6.07, 6.45) is 4.42. The molecule has 0 amide bonds. The molecule has 6 nitrogen and oxygen atoms in total. The van der Waals surface area contributed by atoms with Gasteiger partial charge in [-0.25, -0.2) is 0 Å². The van der Waals surface area contributed by atoms with Crippen LogP contribution in [0.1, 0.15) is 11.4 Å². The highest BCUT2D eigenvalue weighted by Crippen LogP contribution is 2.00. The van der Waals surface area contributed by atoms with Gasteiger partial charge in [-0.1, -0.05) is 10.4 Å². The molecule has 0 aliphatic heterocycles. The van der Waals surface area contributed by atoms with Gasteiger partial charge in [0.1, 0.15) is 0 Å². The van der Waals surface area contributed by atoms with Gasteiger partial charge in [-0.15, -0.1) is 10.2 Å². The van der Waals surface area contributed by atoms with Crippen molar-refractivity contribution in [2.24, 2.45) is 14.1 Å². The summed E-state index contributed by atoms with van der Waals surface area (Å²) in [6.45, 7) is 0. The molecule has 0 fully saturated rings. The fraction of sp³-hybridized carbons (Fsp3) is 0.429. The zero-order valence-electron chi connectivity index (χ0n) is 7.55. The maximum atomic E-state index is 3.96. The molecule has 2 rings (SSSR count). The van der Waals surface area contributed by atoms with Gasteiger partial charge in [-0.05, 0) is 0 Å². The second-order valence-electron chi connectivity index (χ2n) is 2.94. The van der Waals surface area contributed by atoms with Crippen LogP contribution in [0.25, 0.3) is 0 Å². The predicted molar refractivity (Wildman–Crippen MR) is 44.8 cm³/mol. The highest BCUT2D eigenvalue weighted by molar-refractivity contribution is 5.06. The van der Waals surface area contributed by atoms with Crippen LogP contribution in [0.15, 0.2) is 12.4 Å². The lowest BCUT2D eigenvalue weighted by molar-refractivity contribution is 0.712. The lowest BCUT2D eigenvalue weighted by Gasteiger charge is -1.86. The van der Waals surface area contributed by atoms with Gasteiger partial charge in [0.2, 0.25) is 0 Å². The minimum absolute atomic E-state index is 0.682. The molecule has 0 aromatic carbocycles. The Hall–Kier alpha value is -1.72. The van der Waals surface area contributed by atoms with E-state index in [0.29, 0.717) is 6.42 Å². The molecule has 0 aliphatic carbocycles. The summed E-state index contributed by atoms with van der Waals surface area (Å²) in [5.41, 5.74) is 1.81. The zero-order chi connectivity index (χ0) is 9.26. The van der Waals surface area contributed by atoms with Gasteiger partial charge in [-0.2, -0.15) is 0 Å². The Bertz CT molecular complexity index is 362. The molecule has 2 heterocycles. The van der Waals surface area contributed by atoms with E-state index in [1.165, 1.54) is 0 Å². The van der Waals surface area contributed by atoms with Gasteiger partial charge in [0.25, 0.3) is 0 Å². The van der Waals surface area contributed by atoms with E-state index >= 15 is 0 Å². The molecule has 0 bridgehead atoms. The van der Waals surface area contributed by atoms with Crippen LogP contribution in [0.2, 0.25) is 0 Å². The molecule has 13 heavy (non-hydrogen) atoms. The summed E-state index contributed by atoms with van der Waals surface area (Å²) in [7, 11) is 3.68. The zero-order valence-corrected chi connectivity index (χ0v) is 7.55. The molecule has 0 spiro atoms. The fourth-order valence-corrected chi connectivity index (χ4v) is 1.14. The molecule has 0 saturated heterocycles. The van der Waals surface area contributed by atoms with E-state index in [9.17, 15) is 0 Å². The predicted octanol–water partition coefficient (Wildman–Crippen LogP) is -0.466. The second kappa shape index (κ2) is 2.96. The van der Waals surface area contributed by atoms with E-state index < -0.39 is 0 Å². The van der Waals surface area contributed by atoms with E-state index in [1.807, 2.05) is 26.5 Å². The monoisotopic (exact) mass is 178 g/mol. The Morgan fingerprint density at radius 3 is 1.77 bits per heavy atom. The van der Waals surface area contributed by atoms with Crippen molar-refractivity contribution >= 4 is 0 Å². The topological polar surface area (TPSA) is 61.4 Å². The molecule has 0 unspecified atom stereocenters. The molecular formula is C7H10N6. The van der Waals surface area contributed by atoms with Crippen molar-refractivity contribution in [2.75, 3.05) is 0 Å². The highest BCUT2D eigenvalue weighted by Gasteiger charge is 2.03. The lowest BCUT2D eigenvalue weighted by Crippen LogP contribution is -1.88. The number of hydrogen-bond acceptors (Lipinski definition) is 4. The van der Waals surface area contributed by atoms with Gasteiger partial charge in [0.15, 0.2) is 0 Å². The van der Waals surface area contributed by atoms with Crippen molar-refractivity contribution in [3.05, 3.63) is 23.8 Å². The van der Waals surface area contributed by atoms with Crippen molar-refractivity contribution < 1.29 is 0 Å². The maximum Gasteiger partial charge on any atom is 0.0887 e. The van der Waals surface area contributed by atoms with Gasteiger partial charge >= 0.3 is 0 Å². The smallest absolute Gasteiger partial charge is 0.0887 e. The lowest BCUT2D eigenvalue weighted by atomic mass is 10.3. The third-order valence-corrected chi connectivity index (χ3v) is 1.66. The molecule has 6 heteroatoms. The average Bonchev–Trinajstić information content (AvgIpc) is 2.62. The summed E-state index contributed by atoms with van der Waals surface area (Å²) in [5.74, 6) is 0. The molecule has 0 radical (unpaired) electrons. The normalized spacial score (nSPS) is 10.6. The third kappa shape index (κ3) is 1.71. The first-order chi connectivity index (χ1) is 6.24. The number of nitrogens with zero attached hydrogens (tertiary/aromatic N) is 6. The van der Waals surface area contributed by atoms with Crippen molar-refractivity contribution in [1.29, 1.82) is 0 Å². The maximum absolute atomic E-state index is 3.96. The molecule has 2 aromatic heterocycles. The summed E-state index contributed by atoms with van der Waals surface area (Å²) in [5, 5.41) is 15.6. The van der Waals surface area contributed by atoms with Gasteiger partial charge in [-0.3, -0.25) is 9.36 Å². The van der Waals surface area contributed by atoms with Gasteiger partial charge < -0.3 is 0 Å². The molecule has 68 valence electrons. The van der Waals surface area contributed by atoms with Crippen LogP contribution in [0, 0.1) is 0 Å². The van der Waals surface area contributed by atoms with Gasteiger partial charge in [0.05, 0.1) is 11.4 Å². The van der Waals surface area contributed by atoms with Crippen LogP contribution < -0.4 is 0 Å². The Morgan fingerprint density at radius 2 is 1.46 bits per heavy atom. The van der Waals surface area contributed by atoms with Crippen LogP contribution in [0.4, 0.5) is 0 Å². The minimum atomic E-state index is 0.682. The summed E-state index contributed by atoms with van der Waals surface area (Å²) < 4.78 is 3.34. The first-order valence-electron chi connectivity index (χ1n) is 3.94. The van der Waals surface area contributed by atoms with Crippen LogP contribution in [-0.4, -0.2) is 30.0 Å². The summed E-state index contributed by atoms with van der Waals surface area (Å²) in [6, 6.07) is 0. The van der Waals surface area contributed by atoms with Gasteiger partial charge in [0, 0.05) is 32.9 Å². The standard InChI is InChI=1S/C7H10N6/c1-12-4-6(8-10-12)3-7-5-13(2)11-9-7/h4-5H,3H2,1-2H3. The second-order valence-corrected chi connectivity index (χ2v) is 2.94. The van der Waals surface area contributed by atoms with E-state index in [4.69, 9.17) is 0 Å². The summed E-state index contributed by atoms with van der Waals surface area (Å²) >= 11 is 0. The molecule has 0 atom stereocenters. The Kier molecular flexibility index (Phi) is 1.80. The molecule has 0 aliphatic rings. The third-order valence-electron chi connectivity index (χ3n) is 1.66.